The van der Waals surface area contributed by atoms with Gasteiger partial charge in [-0.05, 0) is 43.5 Å². The Morgan fingerprint density at radius 1 is 1.30 bits per heavy atom. The molecule has 0 fully saturated rings. The van der Waals surface area contributed by atoms with Crippen LogP contribution >= 0.6 is 11.6 Å². The molecule has 0 radical (unpaired) electrons. The quantitative estimate of drug-likeness (QED) is 0.847. The maximum atomic E-state index is 11.4. The van der Waals surface area contributed by atoms with E-state index in [1.807, 2.05) is 26.0 Å². The molecule has 1 N–H and O–H groups in total. The third kappa shape index (κ3) is 2.04. The van der Waals surface area contributed by atoms with E-state index >= 15 is 0 Å². The van der Waals surface area contributed by atoms with Gasteiger partial charge in [-0.2, -0.15) is 0 Å². The Kier molecular flexibility index (Phi) is 2.76. The van der Waals surface area contributed by atoms with Gasteiger partial charge >= 0.3 is 5.97 Å². The van der Waals surface area contributed by atoms with E-state index in [1.165, 1.54) is 0 Å². The number of ether oxygens (including phenoxy) is 1. The Morgan fingerprint density at radius 2 is 2.05 bits per heavy atom. The van der Waals surface area contributed by atoms with Crippen LogP contribution in [0.4, 0.5) is 0 Å². The number of rotatable bonds is 1. The minimum atomic E-state index is -0.967. The first-order valence-corrected chi connectivity index (χ1v) is 6.63. The summed E-state index contributed by atoms with van der Waals surface area (Å²) in [5.74, 6) is -0.388. The molecule has 0 amide bonds. The molecule has 1 aliphatic heterocycles. The summed E-state index contributed by atoms with van der Waals surface area (Å²) in [5, 5.41) is 11.6. The van der Waals surface area contributed by atoms with E-state index in [2.05, 4.69) is 0 Å². The van der Waals surface area contributed by atoms with Crippen LogP contribution in [-0.2, 0) is 0 Å². The highest BCUT2D eigenvalue weighted by Crippen LogP contribution is 2.40. The average molecular weight is 289 g/mol. The molecule has 0 bridgehead atoms. The second kappa shape index (κ2) is 4.25. The Labute approximate surface area is 121 Å². The van der Waals surface area contributed by atoms with Crippen LogP contribution in [0.3, 0.4) is 0 Å². The predicted molar refractivity (Wildman–Crippen MR) is 79.7 cm³/mol. The second-order valence-corrected chi connectivity index (χ2v) is 5.81. The van der Waals surface area contributed by atoms with E-state index in [0.29, 0.717) is 16.3 Å². The standard InChI is InChI=1S/C16H13ClO3/c1-16(2)6-5-11-13(15(18)19)7-9-3-4-10(17)8-12(9)14(11)20-16/h3-8H,1-2H3,(H,18,19). The average Bonchev–Trinajstić information content (AvgIpc) is 2.37. The van der Waals surface area contributed by atoms with Crippen molar-refractivity contribution in [2.75, 3.05) is 0 Å². The molecule has 0 atom stereocenters. The van der Waals surface area contributed by atoms with E-state index in [4.69, 9.17) is 16.3 Å². The summed E-state index contributed by atoms with van der Waals surface area (Å²) in [6.07, 6.45) is 3.67. The molecule has 0 unspecified atom stereocenters. The first-order valence-electron chi connectivity index (χ1n) is 6.25. The summed E-state index contributed by atoms with van der Waals surface area (Å²) < 4.78 is 5.97. The van der Waals surface area contributed by atoms with Gasteiger partial charge in [0.05, 0.1) is 5.56 Å². The Bertz CT molecular complexity index is 760. The smallest absolute Gasteiger partial charge is 0.336 e. The Balaban J connectivity index is 2.41. The molecule has 0 saturated heterocycles. The van der Waals surface area contributed by atoms with E-state index in [0.717, 1.165) is 10.8 Å². The first-order chi connectivity index (χ1) is 9.37. The largest absolute Gasteiger partial charge is 0.482 e. The molecule has 3 rings (SSSR count). The molecule has 3 nitrogen and oxygen atoms in total. The molecule has 2 aromatic rings. The maximum absolute atomic E-state index is 11.4. The fourth-order valence-corrected chi connectivity index (χ4v) is 2.56. The van der Waals surface area contributed by atoms with Gasteiger partial charge in [0.25, 0.3) is 0 Å². The van der Waals surface area contributed by atoms with E-state index in [9.17, 15) is 9.90 Å². The molecule has 0 spiro atoms. The zero-order valence-corrected chi connectivity index (χ0v) is 11.9. The lowest BCUT2D eigenvalue weighted by Gasteiger charge is -2.29. The van der Waals surface area contributed by atoms with Crippen molar-refractivity contribution in [3.8, 4) is 5.75 Å². The lowest BCUT2D eigenvalue weighted by Crippen LogP contribution is -2.28. The molecule has 102 valence electrons. The zero-order valence-electron chi connectivity index (χ0n) is 11.1. The monoisotopic (exact) mass is 288 g/mol. The minimum Gasteiger partial charge on any atom is -0.482 e. The number of carboxylic acids is 1. The molecule has 0 saturated carbocycles. The lowest BCUT2D eigenvalue weighted by atomic mass is 9.94. The zero-order chi connectivity index (χ0) is 14.5. The fourth-order valence-electron chi connectivity index (χ4n) is 2.39. The second-order valence-electron chi connectivity index (χ2n) is 5.38. The normalized spacial score (nSPS) is 15.8. The highest BCUT2D eigenvalue weighted by atomic mass is 35.5. The molecule has 20 heavy (non-hydrogen) atoms. The number of carboxylic acid groups (broad SMARTS) is 1. The third-order valence-corrected chi connectivity index (χ3v) is 3.58. The van der Waals surface area contributed by atoms with Crippen LogP contribution in [0.15, 0.2) is 30.3 Å². The molecule has 4 heteroatoms. The van der Waals surface area contributed by atoms with Crippen LogP contribution in [-0.4, -0.2) is 16.7 Å². The summed E-state index contributed by atoms with van der Waals surface area (Å²) >= 11 is 6.04. The van der Waals surface area contributed by atoms with Crippen molar-refractivity contribution in [2.24, 2.45) is 0 Å². The van der Waals surface area contributed by atoms with Crippen LogP contribution in [0, 0.1) is 0 Å². The number of hydrogen-bond donors (Lipinski definition) is 1. The Morgan fingerprint density at radius 3 is 2.75 bits per heavy atom. The predicted octanol–water partition coefficient (Wildman–Crippen LogP) is 4.38. The topological polar surface area (TPSA) is 46.5 Å². The molecule has 1 aliphatic rings. The van der Waals surface area contributed by atoms with Gasteiger partial charge in [0.1, 0.15) is 11.4 Å². The summed E-state index contributed by atoms with van der Waals surface area (Å²) in [6.45, 7) is 3.85. The summed E-state index contributed by atoms with van der Waals surface area (Å²) in [5.41, 5.74) is 0.354. The van der Waals surface area contributed by atoms with Gasteiger partial charge < -0.3 is 9.84 Å². The van der Waals surface area contributed by atoms with Crippen molar-refractivity contribution in [3.63, 3.8) is 0 Å². The number of aromatic carboxylic acids is 1. The van der Waals surface area contributed by atoms with E-state index in [-0.39, 0.29) is 5.56 Å². The SMILES string of the molecule is CC1(C)C=Cc2c(C(=O)O)cc3ccc(Cl)cc3c2O1. The van der Waals surface area contributed by atoms with Gasteiger partial charge in [-0.25, -0.2) is 4.79 Å². The van der Waals surface area contributed by atoms with Gasteiger partial charge in [0.15, 0.2) is 0 Å². The number of fused-ring (bicyclic) bond motifs is 3. The van der Waals surface area contributed by atoms with Gasteiger partial charge in [-0.15, -0.1) is 0 Å². The van der Waals surface area contributed by atoms with Crippen molar-refractivity contribution >= 4 is 34.4 Å². The van der Waals surface area contributed by atoms with Gasteiger partial charge in [0.2, 0.25) is 0 Å². The van der Waals surface area contributed by atoms with Crippen molar-refractivity contribution in [1.29, 1.82) is 0 Å². The van der Waals surface area contributed by atoms with Crippen molar-refractivity contribution in [2.45, 2.75) is 19.4 Å². The van der Waals surface area contributed by atoms with Gasteiger partial charge in [-0.1, -0.05) is 23.7 Å². The van der Waals surface area contributed by atoms with Crippen LogP contribution in [0.5, 0.6) is 5.75 Å². The fraction of sp³-hybridized carbons (Fsp3) is 0.188. The molecular weight excluding hydrogens is 276 g/mol. The van der Waals surface area contributed by atoms with Crippen molar-refractivity contribution in [3.05, 3.63) is 46.5 Å². The van der Waals surface area contributed by atoms with Crippen molar-refractivity contribution < 1.29 is 14.6 Å². The highest BCUT2D eigenvalue weighted by Gasteiger charge is 2.27. The van der Waals surface area contributed by atoms with E-state index < -0.39 is 11.6 Å². The highest BCUT2D eigenvalue weighted by molar-refractivity contribution is 6.31. The van der Waals surface area contributed by atoms with Crippen LogP contribution in [0.1, 0.15) is 29.8 Å². The molecule has 2 aromatic carbocycles. The molecular formula is C16H13ClO3. The summed E-state index contributed by atoms with van der Waals surface area (Å²) in [6, 6.07) is 7.00. The number of hydrogen-bond acceptors (Lipinski definition) is 2. The van der Waals surface area contributed by atoms with Crippen LogP contribution in [0.25, 0.3) is 16.8 Å². The summed E-state index contributed by atoms with van der Waals surface area (Å²) in [4.78, 5) is 11.4. The number of benzene rings is 2. The minimum absolute atomic E-state index is 0.238. The van der Waals surface area contributed by atoms with Crippen molar-refractivity contribution in [1.82, 2.24) is 0 Å². The Hall–Kier alpha value is -2.00. The molecule has 0 aromatic heterocycles. The maximum Gasteiger partial charge on any atom is 0.336 e. The van der Waals surface area contributed by atoms with Crippen LogP contribution < -0.4 is 4.74 Å². The first kappa shape index (κ1) is 13.0. The number of halogens is 1. The summed E-state index contributed by atoms with van der Waals surface area (Å²) in [7, 11) is 0. The number of carbonyl (C=O) groups is 1. The molecule has 1 heterocycles. The third-order valence-electron chi connectivity index (χ3n) is 3.34. The van der Waals surface area contributed by atoms with Crippen LogP contribution in [0.2, 0.25) is 5.02 Å². The van der Waals surface area contributed by atoms with Gasteiger partial charge in [0, 0.05) is 16.0 Å². The lowest BCUT2D eigenvalue weighted by molar-refractivity contribution is 0.0695. The van der Waals surface area contributed by atoms with E-state index in [1.54, 1.807) is 24.3 Å². The molecule has 0 aliphatic carbocycles. The van der Waals surface area contributed by atoms with Gasteiger partial charge in [-0.3, -0.25) is 0 Å².